The predicted octanol–water partition coefficient (Wildman–Crippen LogP) is 4.86. The van der Waals surface area contributed by atoms with Gasteiger partial charge >= 0.3 is 0 Å². The molecule has 4 aromatic rings. The van der Waals surface area contributed by atoms with Gasteiger partial charge < -0.3 is 14.3 Å². The maximum Gasteiger partial charge on any atom is 0.294 e. The number of amides is 2. The number of hydrogen-bond acceptors (Lipinski definition) is 5. The number of fused-ring (bicyclic) bond motifs is 3. The van der Waals surface area contributed by atoms with Crippen molar-refractivity contribution >= 4 is 35.0 Å². The second-order valence-corrected chi connectivity index (χ2v) is 8.97. The van der Waals surface area contributed by atoms with Crippen molar-refractivity contribution in [1.82, 2.24) is 19.9 Å². The van der Waals surface area contributed by atoms with Gasteiger partial charge in [-0.1, -0.05) is 52.6 Å². The molecular weight excluding hydrogens is 475 g/mol. The lowest BCUT2D eigenvalue weighted by molar-refractivity contribution is 0.0349. The van der Waals surface area contributed by atoms with E-state index in [4.69, 9.17) is 27.7 Å². The molecule has 6 rings (SSSR count). The molecule has 0 spiro atoms. The van der Waals surface area contributed by atoms with E-state index in [-0.39, 0.29) is 17.6 Å². The van der Waals surface area contributed by atoms with Gasteiger partial charge in [-0.25, -0.2) is 0 Å². The number of halogens is 2. The van der Waals surface area contributed by atoms with Crippen molar-refractivity contribution in [2.45, 2.75) is 5.66 Å². The first-order valence-corrected chi connectivity index (χ1v) is 11.3. The molecule has 2 aromatic heterocycles. The van der Waals surface area contributed by atoms with Gasteiger partial charge in [-0.2, -0.15) is 0 Å². The van der Waals surface area contributed by atoms with Crippen molar-refractivity contribution in [2.75, 3.05) is 13.1 Å². The third-order valence-corrected chi connectivity index (χ3v) is 6.86. The largest absolute Gasteiger partial charge is 0.350 e. The minimum Gasteiger partial charge on any atom is -0.350 e. The van der Waals surface area contributed by atoms with Crippen molar-refractivity contribution in [3.05, 3.63) is 106 Å². The molecule has 0 N–H and O–H groups in total. The average Bonchev–Trinajstić information content (AvgIpc) is 3.55. The number of pyridine rings is 1. The van der Waals surface area contributed by atoms with Crippen LogP contribution >= 0.6 is 23.2 Å². The first-order chi connectivity index (χ1) is 16.5. The molecule has 168 valence electrons. The molecule has 9 heteroatoms. The topological polar surface area (TPSA) is 79.5 Å². The summed E-state index contributed by atoms with van der Waals surface area (Å²) in [7, 11) is 0. The molecule has 7 nitrogen and oxygen atoms in total. The summed E-state index contributed by atoms with van der Waals surface area (Å²) in [5.41, 5.74) is 2.03. The van der Waals surface area contributed by atoms with Gasteiger partial charge in [0, 0.05) is 58.3 Å². The molecule has 0 aliphatic carbocycles. The fraction of sp³-hybridized carbons (Fsp3) is 0.120. The Bertz CT molecular complexity index is 1440. The molecule has 0 radical (unpaired) electrons. The zero-order chi connectivity index (χ0) is 23.4. The van der Waals surface area contributed by atoms with Crippen LogP contribution in [0.1, 0.15) is 32.0 Å². The van der Waals surface area contributed by atoms with Gasteiger partial charge in [0.2, 0.25) is 5.76 Å². The van der Waals surface area contributed by atoms with E-state index in [1.165, 1.54) is 0 Å². The van der Waals surface area contributed by atoms with Gasteiger partial charge in [0.15, 0.2) is 5.66 Å². The molecule has 2 aromatic carbocycles. The Kier molecular flexibility index (Phi) is 4.72. The van der Waals surface area contributed by atoms with Crippen molar-refractivity contribution in [1.29, 1.82) is 0 Å². The van der Waals surface area contributed by atoms with E-state index in [0.717, 1.165) is 11.1 Å². The molecule has 1 unspecified atom stereocenters. The van der Waals surface area contributed by atoms with Crippen LogP contribution < -0.4 is 0 Å². The van der Waals surface area contributed by atoms with Crippen LogP contribution in [0, 0.1) is 0 Å². The summed E-state index contributed by atoms with van der Waals surface area (Å²) >= 11 is 12.1. The number of benzene rings is 2. The Morgan fingerprint density at radius 2 is 1.68 bits per heavy atom. The third-order valence-electron chi connectivity index (χ3n) is 6.35. The number of nitrogens with zero attached hydrogens (tertiary/aromatic N) is 4. The first kappa shape index (κ1) is 20.9. The highest BCUT2D eigenvalue weighted by molar-refractivity contribution is 6.30. The summed E-state index contributed by atoms with van der Waals surface area (Å²) in [4.78, 5) is 34.8. The van der Waals surface area contributed by atoms with E-state index >= 15 is 0 Å². The van der Waals surface area contributed by atoms with Crippen LogP contribution in [-0.2, 0) is 5.66 Å². The highest BCUT2D eigenvalue weighted by Gasteiger charge is 2.60. The average molecular weight is 491 g/mol. The Balaban J connectivity index is 1.48. The van der Waals surface area contributed by atoms with Crippen LogP contribution in [0.5, 0.6) is 0 Å². The zero-order valence-electron chi connectivity index (χ0n) is 17.6. The number of aromatic nitrogens is 2. The summed E-state index contributed by atoms with van der Waals surface area (Å²) in [5, 5.41) is 5.24. The zero-order valence-corrected chi connectivity index (χ0v) is 19.1. The predicted molar refractivity (Wildman–Crippen MR) is 125 cm³/mol. The number of rotatable bonds is 3. The van der Waals surface area contributed by atoms with Crippen LogP contribution in [0.4, 0.5) is 0 Å². The Labute approximate surface area is 204 Å². The lowest BCUT2D eigenvalue weighted by Crippen LogP contribution is -2.51. The summed E-state index contributed by atoms with van der Waals surface area (Å²) in [5.74, 6) is -0.457. The smallest absolute Gasteiger partial charge is 0.294 e. The molecule has 2 amide bonds. The van der Waals surface area contributed by atoms with Crippen molar-refractivity contribution < 1.29 is 14.1 Å². The molecule has 1 saturated heterocycles. The quantitative estimate of drug-likeness (QED) is 0.409. The SMILES string of the molecule is O=C(c1cc(-c2ccc(Cl)cc2)no1)N1CCN2C(=O)c3ccncc3C12c1ccc(Cl)cc1. The third kappa shape index (κ3) is 2.90. The van der Waals surface area contributed by atoms with Gasteiger partial charge in [0.1, 0.15) is 5.69 Å². The molecule has 1 fully saturated rings. The standard InChI is InChI=1S/C25H16Cl2N4O3/c26-17-5-1-15(2-6-17)21-13-22(34-29-21)24(33)31-12-11-30-23(32)19-9-10-28-14-20(19)25(30,31)16-3-7-18(27)8-4-16/h1-10,13-14H,11-12H2. The summed E-state index contributed by atoms with van der Waals surface area (Å²) < 4.78 is 5.47. The minimum atomic E-state index is -1.16. The Morgan fingerprint density at radius 1 is 0.971 bits per heavy atom. The van der Waals surface area contributed by atoms with E-state index in [9.17, 15) is 9.59 Å². The molecule has 34 heavy (non-hydrogen) atoms. The molecule has 2 aliphatic heterocycles. The summed E-state index contributed by atoms with van der Waals surface area (Å²) in [6.45, 7) is 0.679. The van der Waals surface area contributed by atoms with Crippen LogP contribution in [0.2, 0.25) is 10.0 Å². The van der Waals surface area contributed by atoms with Crippen molar-refractivity contribution in [3.63, 3.8) is 0 Å². The van der Waals surface area contributed by atoms with Crippen LogP contribution in [0.25, 0.3) is 11.3 Å². The fourth-order valence-electron chi connectivity index (χ4n) is 4.88. The second kappa shape index (κ2) is 7.68. The van der Waals surface area contributed by atoms with Gasteiger partial charge in [0.05, 0.1) is 5.56 Å². The Hall–Kier alpha value is -3.68. The molecule has 0 bridgehead atoms. The minimum absolute atomic E-state index is 0.0740. The Morgan fingerprint density at radius 3 is 2.41 bits per heavy atom. The van der Waals surface area contributed by atoms with E-state index in [1.54, 1.807) is 70.7 Å². The number of carbonyl (C=O) groups is 2. The molecule has 2 aliphatic rings. The van der Waals surface area contributed by atoms with Gasteiger partial charge in [-0.05, 0) is 30.3 Å². The van der Waals surface area contributed by atoms with Crippen LogP contribution in [0.3, 0.4) is 0 Å². The molecular formula is C25H16Cl2N4O3. The van der Waals surface area contributed by atoms with E-state index in [1.807, 2.05) is 12.1 Å². The molecule has 0 saturated carbocycles. The highest BCUT2D eigenvalue weighted by atomic mass is 35.5. The maximum atomic E-state index is 13.8. The molecule has 1 atom stereocenters. The van der Waals surface area contributed by atoms with E-state index in [2.05, 4.69) is 10.1 Å². The lowest BCUT2D eigenvalue weighted by atomic mass is 9.91. The van der Waals surface area contributed by atoms with E-state index in [0.29, 0.717) is 40.0 Å². The first-order valence-electron chi connectivity index (χ1n) is 10.6. The summed E-state index contributed by atoms with van der Waals surface area (Å²) in [6, 6.07) is 17.5. The summed E-state index contributed by atoms with van der Waals surface area (Å²) in [6.07, 6.45) is 3.22. The maximum absolute atomic E-state index is 13.8. The second-order valence-electron chi connectivity index (χ2n) is 8.10. The van der Waals surface area contributed by atoms with Crippen LogP contribution in [0.15, 0.2) is 77.6 Å². The normalized spacial score (nSPS) is 18.8. The number of hydrogen-bond donors (Lipinski definition) is 0. The fourth-order valence-corrected chi connectivity index (χ4v) is 5.13. The van der Waals surface area contributed by atoms with Gasteiger partial charge in [-0.3, -0.25) is 14.6 Å². The van der Waals surface area contributed by atoms with Gasteiger partial charge in [-0.15, -0.1) is 0 Å². The van der Waals surface area contributed by atoms with Crippen molar-refractivity contribution in [2.24, 2.45) is 0 Å². The highest BCUT2D eigenvalue weighted by Crippen LogP contribution is 2.50. The monoisotopic (exact) mass is 490 g/mol. The van der Waals surface area contributed by atoms with Gasteiger partial charge in [0.25, 0.3) is 11.8 Å². The van der Waals surface area contributed by atoms with Crippen LogP contribution in [-0.4, -0.2) is 44.8 Å². The molecule has 4 heterocycles. The number of carbonyl (C=O) groups excluding carboxylic acids is 2. The van der Waals surface area contributed by atoms with Crippen molar-refractivity contribution in [3.8, 4) is 11.3 Å². The van der Waals surface area contributed by atoms with E-state index < -0.39 is 5.66 Å². The lowest BCUT2D eigenvalue weighted by Gasteiger charge is -2.39.